The summed E-state index contributed by atoms with van der Waals surface area (Å²) in [6.07, 6.45) is 1.89. The molecular formula is C14H23N3O3. The molecule has 1 aliphatic heterocycles. The third-order valence-electron chi connectivity index (χ3n) is 3.55. The molecule has 1 unspecified atom stereocenters. The number of likely N-dealkylation sites (tertiary alicyclic amines) is 1. The predicted molar refractivity (Wildman–Crippen MR) is 75.6 cm³/mol. The number of aromatic nitrogens is 1. The highest BCUT2D eigenvalue weighted by molar-refractivity contribution is 5.88. The molecule has 2 amide bonds. The Balaban J connectivity index is 1.96. The van der Waals surface area contributed by atoms with Gasteiger partial charge in [-0.25, -0.2) is 4.79 Å². The van der Waals surface area contributed by atoms with Crippen LogP contribution in [0.3, 0.4) is 0 Å². The van der Waals surface area contributed by atoms with E-state index in [1.54, 1.807) is 11.0 Å². The van der Waals surface area contributed by atoms with Crippen molar-refractivity contribution in [2.24, 2.45) is 5.92 Å². The maximum atomic E-state index is 12.1. The number of nitrogens with one attached hydrogen (secondary N) is 1. The first-order valence-electron chi connectivity index (χ1n) is 7.04. The Kier molecular flexibility index (Phi) is 4.32. The molecule has 1 fully saturated rings. The van der Waals surface area contributed by atoms with Gasteiger partial charge in [0.25, 0.3) is 0 Å². The van der Waals surface area contributed by atoms with Gasteiger partial charge in [-0.15, -0.1) is 0 Å². The first kappa shape index (κ1) is 14.8. The lowest BCUT2D eigenvalue weighted by molar-refractivity contribution is 0.136. The van der Waals surface area contributed by atoms with E-state index in [4.69, 9.17) is 4.52 Å². The lowest BCUT2D eigenvalue weighted by atomic mass is 9.93. The van der Waals surface area contributed by atoms with E-state index < -0.39 is 0 Å². The van der Waals surface area contributed by atoms with Crippen LogP contribution in [0.15, 0.2) is 10.6 Å². The van der Waals surface area contributed by atoms with Crippen LogP contribution in [0.4, 0.5) is 10.6 Å². The van der Waals surface area contributed by atoms with Crippen LogP contribution < -0.4 is 5.32 Å². The molecule has 0 spiro atoms. The summed E-state index contributed by atoms with van der Waals surface area (Å²) in [5, 5.41) is 15.8. The predicted octanol–water partition coefficient (Wildman–Crippen LogP) is 2.21. The molecule has 1 saturated heterocycles. The number of aliphatic hydroxyl groups is 1. The molecule has 2 rings (SSSR count). The molecule has 0 radical (unpaired) electrons. The van der Waals surface area contributed by atoms with Crippen LogP contribution in [0, 0.1) is 5.92 Å². The number of carbonyl (C=O) groups is 1. The van der Waals surface area contributed by atoms with Gasteiger partial charge in [0.2, 0.25) is 0 Å². The molecule has 0 aliphatic carbocycles. The summed E-state index contributed by atoms with van der Waals surface area (Å²) in [5.41, 5.74) is -0.136. The van der Waals surface area contributed by atoms with Crippen molar-refractivity contribution in [1.29, 1.82) is 0 Å². The van der Waals surface area contributed by atoms with Crippen molar-refractivity contribution in [2.45, 2.75) is 39.0 Å². The fourth-order valence-electron chi connectivity index (χ4n) is 2.27. The molecule has 6 nitrogen and oxygen atoms in total. The topological polar surface area (TPSA) is 78.6 Å². The van der Waals surface area contributed by atoms with Crippen molar-refractivity contribution >= 4 is 11.8 Å². The van der Waals surface area contributed by atoms with E-state index in [-0.39, 0.29) is 24.0 Å². The zero-order valence-corrected chi connectivity index (χ0v) is 12.3. The summed E-state index contributed by atoms with van der Waals surface area (Å²) >= 11 is 0. The van der Waals surface area contributed by atoms with Gasteiger partial charge < -0.3 is 14.5 Å². The number of aliphatic hydroxyl groups excluding tert-OH is 1. The number of hydrogen-bond acceptors (Lipinski definition) is 4. The molecule has 1 aromatic rings. The van der Waals surface area contributed by atoms with Gasteiger partial charge >= 0.3 is 6.03 Å². The monoisotopic (exact) mass is 281 g/mol. The Morgan fingerprint density at radius 2 is 2.35 bits per heavy atom. The van der Waals surface area contributed by atoms with E-state index >= 15 is 0 Å². The van der Waals surface area contributed by atoms with E-state index in [1.807, 2.05) is 20.8 Å². The van der Waals surface area contributed by atoms with E-state index in [9.17, 15) is 9.90 Å². The van der Waals surface area contributed by atoms with E-state index in [1.165, 1.54) is 0 Å². The zero-order valence-electron chi connectivity index (χ0n) is 12.3. The zero-order chi connectivity index (χ0) is 14.8. The summed E-state index contributed by atoms with van der Waals surface area (Å²) in [6.45, 7) is 7.50. The van der Waals surface area contributed by atoms with Crippen molar-refractivity contribution in [1.82, 2.24) is 10.1 Å². The van der Waals surface area contributed by atoms with Crippen molar-refractivity contribution in [3.05, 3.63) is 11.8 Å². The van der Waals surface area contributed by atoms with Crippen molar-refractivity contribution in [2.75, 3.05) is 25.0 Å². The maximum Gasteiger partial charge on any atom is 0.323 e. The molecule has 112 valence electrons. The Labute approximate surface area is 119 Å². The third-order valence-corrected chi connectivity index (χ3v) is 3.55. The average Bonchev–Trinajstić information content (AvgIpc) is 2.87. The number of hydrogen-bond donors (Lipinski definition) is 2. The quantitative estimate of drug-likeness (QED) is 0.871. The highest BCUT2D eigenvalue weighted by Gasteiger charge is 2.25. The largest absolute Gasteiger partial charge is 0.396 e. The van der Waals surface area contributed by atoms with Crippen LogP contribution in [-0.4, -0.2) is 40.9 Å². The lowest BCUT2D eigenvalue weighted by Crippen LogP contribution is -2.43. The highest BCUT2D eigenvalue weighted by Crippen LogP contribution is 2.24. The van der Waals surface area contributed by atoms with Gasteiger partial charge in [0, 0.05) is 31.2 Å². The second kappa shape index (κ2) is 5.83. The number of nitrogens with zero attached hydrogens (tertiary/aromatic N) is 2. The number of carbonyl (C=O) groups excluding carboxylic acids is 1. The van der Waals surface area contributed by atoms with Crippen molar-refractivity contribution < 1.29 is 14.4 Å². The SMILES string of the molecule is CC(C)(C)c1cc(NC(=O)N2CCCC(CO)C2)no1. The minimum absolute atomic E-state index is 0.127. The molecule has 1 atom stereocenters. The first-order valence-corrected chi connectivity index (χ1v) is 7.04. The van der Waals surface area contributed by atoms with Gasteiger partial charge in [-0.05, 0) is 18.8 Å². The highest BCUT2D eigenvalue weighted by atomic mass is 16.5. The van der Waals surface area contributed by atoms with Gasteiger partial charge in [-0.3, -0.25) is 5.32 Å². The summed E-state index contributed by atoms with van der Waals surface area (Å²) in [4.78, 5) is 13.9. The van der Waals surface area contributed by atoms with E-state index in [0.29, 0.717) is 18.9 Å². The summed E-state index contributed by atoms with van der Waals surface area (Å²) in [6, 6.07) is 1.57. The van der Waals surface area contributed by atoms with Crippen LogP contribution in [0.2, 0.25) is 0 Å². The average molecular weight is 281 g/mol. The summed E-state index contributed by atoms with van der Waals surface area (Å²) in [7, 11) is 0. The second-order valence-electron chi connectivity index (χ2n) is 6.39. The molecule has 0 aromatic carbocycles. The molecule has 0 saturated carbocycles. The van der Waals surface area contributed by atoms with Gasteiger partial charge in [-0.2, -0.15) is 0 Å². The van der Waals surface area contributed by atoms with E-state index in [0.717, 1.165) is 18.6 Å². The standard InChI is InChI=1S/C14H23N3O3/c1-14(2,3)11-7-12(16-20-11)15-13(19)17-6-4-5-10(8-17)9-18/h7,10,18H,4-6,8-9H2,1-3H3,(H,15,16,19). The Morgan fingerprint density at radius 3 is 2.95 bits per heavy atom. The lowest BCUT2D eigenvalue weighted by Gasteiger charge is -2.31. The smallest absolute Gasteiger partial charge is 0.323 e. The third kappa shape index (κ3) is 3.50. The summed E-state index contributed by atoms with van der Waals surface area (Å²) in [5.74, 6) is 1.35. The maximum absolute atomic E-state index is 12.1. The molecule has 20 heavy (non-hydrogen) atoms. The minimum Gasteiger partial charge on any atom is -0.396 e. The normalized spacial score (nSPS) is 20.0. The van der Waals surface area contributed by atoms with Crippen LogP contribution in [-0.2, 0) is 5.41 Å². The Morgan fingerprint density at radius 1 is 1.60 bits per heavy atom. The molecule has 6 heteroatoms. The first-order chi connectivity index (χ1) is 9.40. The molecular weight excluding hydrogens is 258 g/mol. The molecule has 2 N–H and O–H groups in total. The van der Waals surface area contributed by atoms with Crippen molar-refractivity contribution in [3.63, 3.8) is 0 Å². The number of amides is 2. The number of rotatable bonds is 2. The minimum atomic E-state index is -0.183. The van der Waals surface area contributed by atoms with Crippen LogP contribution in [0.5, 0.6) is 0 Å². The fourth-order valence-corrected chi connectivity index (χ4v) is 2.27. The molecule has 0 bridgehead atoms. The number of piperidine rings is 1. The number of urea groups is 1. The van der Waals surface area contributed by atoms with Gasteiger partial charge in [0.1, 0.15) is 5.76 Å². The van der Waals surface area contributed by atoms with Crippen LogP contribution >= 0.6 is 0 Å². The second-order valence-corrected chi connectivity index (χ2v) is 6.39. The van der Waals surface area contributed by atoms with Crippen LogP contribution in [0.25, 0.3) is 0 Å². The fraction of sp³-hybridized carbons (Fsp3) is 0.714. The Bertz CT molecular complexity index is 464. The van der Waals surface area contributed by atoms with Gasteiger partial charge in [0.05, 0.1) is 0 Å². The van der Waals surface area contributed by atoms with Crippen molar-refractivity contribution in [3.8, 4) is 0 Å². The molecule has 1 aliphatic rings. The number of anilines is 1. The molecule has 1 aromatic heterocycles. The van der Waals surface area contributed by atoms with Gasteiger partial charge in [-0.1, -0.05) is 25.9 Å². The summed E-state index contributed by atoms with van der Waals surface area (Å²) < 4.78 is 5.24. The van der Waals surface area contributed by atoms with Gasteiger partial charge in [0.15, 0.2) is 5.82 Å². The molecule has 2 heterocycles. The van der Waals surface area contributed by atoms with Crippen LogP contribution in [0.1, 0.15) is 39.4 Å². The Hall–Kier alpha value is -1.56. The van der Waals surface area contributed by atoms with E-state index in [2.05, 4.69) is 10.5 Å².